The van der Waals surface area contributed by atoms with Gasteiger partial charge in [-0.05, 0) is 31.0 Å². The van der Waals surface area contributed by atoms with Gasteiger partial charge in [0.2, 0.25) is 0 Å². The molecule has 3 rings (SSSR count). The van der Waals surface area contributed by atoms with Crippen molar-refractivity contribution in [1.82, 2.24) is 10.2 Å². The van der Waals surface area contributed by atoms with E-state index in [0.717, 1.165) is 44.0 Å². The Morgan fingerprint density at radius 2 is 2.16 bits per heavy atom. The molecule has 0 radical (unpaired) electrons. The van der Waals surface area contributed by atoms with Gasteiger partial charge in [0.1, 0.15) is 11.9 Å². The molecule has 1 fully saturated rings. The van der Waals surface area contributed by atoms with Crippen molar-refractivity contribution >= 4 is 5.69 Å². The molecule has 4 heteroatoms. The molecule has 2 aliphatic heterocycles. The molecular weight excluding hydrogens is 238 g/mol. The van der Waals surface area contributed by atoms with Crippen LogP contribution < -0.4 is 15.4 Å². The number of rotatable bonds is 3. The Bertz CT molecular complexity index is 429. The van der Waals surface area contributed by atoms with Crippen molar-refractivity contribution in [2.24, 2.45) is 0 Å². The van der Waals surface area contributed by atoms with E-state index < -0.39 is 0 Å². The van der Waals surface area contributed by atoms with Crippen LogP contribution in [-0.2, 0) is 6.42 Å². The van der Waals surface area contributed by atoms with Gasteiger partial charge in [0.25, 0.3) is 0 Å². The average molecular weight is 261 g/mol. The van der Waals surface area contributed by atoms with Crippen molar-refractivity contribution < 1.29 is 4.74 Å². The highest BCUT2D eigenvalue weighted by molar-refractivity contribution is 5.59. The van der Waals surface area contributed by atoms with Crippen LogP contribution in [0.3, 0.4) is 0 Å². The Balaban J connectivity index is 1.59. The SMILES string of the molecule is CC1CNc2cc(CCN3CCNCC3)ccc2O1. The molecule has 0 aliphatic carbocycles. The smallest absolute Gasteiger partial charge is 0.142 e. The second kappa shape index (κ2) is 5.80. The molecule has 0 bridgehead atoms. The zero-order valence-corrected chi connectivity index (χ0v) is 11.6. The monoisotopic (exact) mass is 261 g/mol. The number of hydrogen-bond donors (Lipinski definition) is 2. The van der Waals surface area contributed by atoms with E-state index in [1.165, 1.54) is 18.7 Å². The molecule has 104 valence electrons. The van der Waals surface area contributed by atoms with Crippen molar-refractivity contribution in [3.8, 4) is 5.75 Å². The Labute approximate surface area is 115 Å². The zero-order valence-electron chi connectivity index (χ0n) is 11.6. The third-order valence-corrected chi connectivity index (χ3v) is 3.88. The largest absolute Gasteiger partial charge is 0.487 e. The molecular formula is C15H23N3O. The molecule has 1 saturated heterocycles. The number of benzene rings is 1. The van der Waals surface area contributed by atoms with Gasteiger partial charge in [0.05, 0.1) is 12.2 Å². The first kappa shape index (κ1) is 12.8. The van der Waals surface area contributed by atoms with Gasteiger partial charge in [-0.15, -0.1) is 0 Å². The number of fused-ring (bicyclic) bond motifs is 1. The maximum absolute atomic E-state index is 5.80. The molecule has 1 aromatic carbocycles. The lowest BCUT2D eigenvalue weighted by molar-refractivity contribution is 0.226. The van der Waals surface area contributed by atoms with Crippen LogP contribution in [0.4, 0.5) is 5.69 Å². The summed E-state index contributed by atoms with van der Waals surface area (Å²) in [4.78, 5) is 2.53. The fourth-order valence-corrected chi connectivity index (χ4v) is 2.71. The van der Waals surface area contributed by atoms with Gasteiger partial charge in [-0.25, -0.2) is 0 Å². The van der Waals surface area contributed by atoms with Crippen LogP contribution >= 0.6 is 0 Å². The molecule has 2 aliphatic rings. The Morgan fingerprint density at radius 1 is 1.32 bits per heavy atom. The quantitative estimate of drug-likeness (QED) is 0.860. The Kier molecular flexibility index (Phi) is 3.89. The Hall–Kier alpha value is -1.26. The summed E-state index contributed by atoms with van der Waals surface area (Å²) in [5.41, 5.74) is 2.54. The van der Waals surface area contributed by atoms with Gasteiger partial charge in [-0.3, -0.25) is 0 Å². The molecule has 0 amide bonds. The number of anilines is 1. The highest BCUT2D eigenvalue weighted by atomic mass is 16.5. The number of nitrogens with zero attached hydrogens (tertiary/aromatic N) is 1. The maximum atomic E-state index is 5.80. The first-order valence-electron chi connectivity index (χ1n) is 7.28. The van der Waals surface area contributed by atoms with Crippen molar-refractivity contribution in [2.45, 2.75) is 19.4 Å². The molecule has 0 spiro atoms. The first-order valence-corrected chi connectivity index (χ1v) is 7.28. The fourth-order valence-electron chi connectivity index (χ4n) is 2.71. The van der Waals surface area contributed by atoms with Crippen LogP contribution in [-0.4, -0.2) is 50.3 Å². The van der Waals surface area contributed by atoms with Gasteiger partial charge >= 0.3 is 0 Å². The summed E-state index contributed by atoms with van der Waals surface area (Å²) in [6.07, 6.45) is 1.38. The highest BCUT2D eigenvalue weighted by Gasteiger charge is 2.15. The minimum Gasteiger partial charge on any atom is -0.487 e. The molecule has 0 aromatic heterocycles. The second-order valence-electron chi connectivity index (χ2n) is 5.48. The summed E-state index contributed by atoms with van der Waals surface area (Å²) in [6, 6.07) is 6.54. The standard InChI is InChI=1S/C15H23N3O/c1-12-11-17-14-10-13(2-3-15(14)19-12)4-7-18-8-5-16-6-9-18/h2-3,10,12,16-17H,4-9,11H2,1H3. The topological polar surface area (TPSA) is 36.5 Å². The van der Waals surface area contributed by atoms with Crippen LogP contribution in [0, 0.1) is 0 Å². The van der Waals surface area contributed by atoms with E-state index in [9.17, 15) is 0 Å². The normalized spacial score (nSPS) is 23.3. The summed E-state index contributed by atoms with van der Waals surface area (Å²) in [6.45, 7) is 8.72. The molecule has 0 saturated carbocycles. The predicted molar refractivity (Wildman–Crippen MR) is 78.0 cm³/mol. The molecule has 19 heavy (non-hydrogen) atoms. The lowest BCUT2D eigenvalue weighted by Crippen LogP contribution is -2.44. The Morgan fingerprint density at radius 3 is 3.00 bits per heavy atom. The minimum atomic E-state index is 0.263. The highest BCUT2D eigenvalue weighted by Crippen LogP contribution is 2.30. The first-order chi connectivity index (χ1) is 9.31. The molecule has 4 nitrogen and oxygen atoms in total. The number of nitrogens with one attached hydrogen (secondary N) is 2. The molecule has 2 N–H and O–H groups in total. The van der Waals surface area contributed by atoms with E-state index in [0.29, 0.717) is 0 Å². The summed E-state index contributed by atoms with van der Waals surface area (Å²) >= 11 is 0. The molecule has 2 heterocycles. The summed E-state index contributed by atoms with van der Waals surface area (Å²) < 4.78 is 5.80. The predicted octanol–water partition coefficient (Wildman–Crippen LogP) is 1.33. The van der Waals surface area contributed by atoms with Crippen LogP contribution in [0.15, 0.2) is 18.2 Å². The summed E-state index contributed by atoms with van der Waals surface area (Å²) in [5.74, 6) is 0.990. The summed E-state index contributed by atoms with van der Waals surface area (Å²) in [5, 5.41) is 6.83. The van der Waals surface area contributed by atoms with E-state index in [-0.39, 0.29) is 6.10 Å². The van der Waals surface area contributed by atoms with E-state index in [2.05, 4.69) is 40.7 Å². The number of piperazine rings is 1. The molecule has 1 atom stereocenters. The third-order valence-electron chi connectivity index (χ3n) is 3.88. The fraction of sp³-hybridized carbons (Fsp3) is 0.600. The van der Waals surface area contributed by atoms with E-state index in [4.69, 9.17) is 4.74 Å². The van der Waals surface area contributed by atoms with Crippen molar-refractivity contribution in [3.63, 3.8) is 0 Å². The van der Waals surface area contributed by atoms with Crippen molar-refractivity contribution in [2.75, 3.05) is 44.6 Å². The maximum Gasteiger partial charge on any atom is 0.142 e. The van der Waals surface area contributed by atoms with Crippen LogP contribution in [0.5, 0.6) is 5.75 Å². The van der Waals surface area contributed by atoms with Crippen LogP contribution in [0.25, 0.3) is 0 Å². The van der Waals surface area contributed by atoms with Gasteiger partial charge < -0.3 is 20.3 Å². The van der Waals surface area contributed by atoms with E-state index in [1.54, 1.807) is 0 Å². The van der Waals surface area contributed by atoms with Gasteiger partial charge in [0, 0.05) is 32.7 Å². The lowest BCUT2D eigenvalue weighted by Gasteiger charge is -2.28. The van der Waals surface area contributed by atoms with E-state index >= 15 is 0 Å². The van der Waals surface area contributed by atoms with Gasteiger partial charge in [-0.2, -0.15) is 0 Å². The second-order valence-corrected chi connectivity index (χ2v) is 5.48. The average Bonchev–Trinajstić information content (AvgIpc) is 2.46. The lowest BCUT2D eigenvalue weighted by atomic mass is 10.1. The van der Waals surface area contributed by atoms with Crippen molar-refractivity contribution in [3.05, 3.63) is 23.8 Å². The third kappa shape index (κ3) is 3.19. The number of hydrogen-bond acceptors (Lipinski definition) is 4. The summed E-state index contributed by atoms with van der Waals surface area (Å²) in [7, 11) is 0. The van der Waals surface area contributed by atoms with Gasteiger partial charge in [0.15, 0.2) is 0 Å². The van der Waals surface area contributed by atoms with Crippen LogP contribution in [0.1, 0.15) is 12.5 Å². The number of ether oxygens (including phenoxy) is 1. The zero-order chi connectivity index (χ0) is 13.1. The van der Waals surface area contributed by atoms with Crippen LogP contribution in [0.2, 0.25) is 0 Å². The van der Waals surface area contributed by atoms with Crippen molar-refractivity contribution in [1.29, 1.82) is 0 Å². The van der Waals surface area contributed by atoms with E-state index in [1.807, 2.05) is 0 Å². The molecule has 1 unspecified atom stereocenters. The van der Waals surface area contributed by atoms with Gasteiger partial charge in [-0.1, -0.05) is 6.07 Å². The molecule has 1 aromatic rings. The minimum absolute atomic E-state index is 0.263.